The summed E-state index contributed by atoms with van der Waals surface area (Å²) in [5.74, 6) is 0. The minimum atomic E-state index is 0.196. The highest BCUT2D eigenvalue weighted by molar-refractivity contribution is 8.14. The molecule has 88 valence electrons. The van der Waals surface area contributed by atoms with Gasteiger partial charge in [0.05, 0.1) is 6.54 Å². The van der Waals surface area contributed by atoms with Crippen molar-refractivity contribution in [1.29, 1.82) is 0 Å². The van der Waals surface area contributed by atoms with Gasteiger partial charge in [-0.1, -0.05) is 38.5 Å². The van der Waals surface area contributed by atoms with Crippen LogP contribution < -0.4 is 5.32 Å². The minimum Gasteiger partial charge on any atom is -0.360 e. The van der Waals surface area contributed by atoms with Gasteiger partial charge in [-0.25, -0.2) is 0 Å². The Hall–Kier alpha value is -0.180. The summed E-state index contributed by atoms with van der Waals surface area (Å²) in [6.45, 7) is 9.99. The third-order valence-corrected chi connectivity index (χ3v) is 3.82. The minimum absolute atomic E-state index is 0.196. The maximum Gasteiger partial charge on any atom is 0.157 e. The first kappa shape index (κ1) is 12.9. The third kappa shape index (κ3) is 4.45. The second-order valence-electron chi connectivity index (χ2n) is 4.93. The number of thioether (sulfide) groups is 1. The molecule has 3 heteroatoms. The second-order valence-corrected chi connectivity index (χ2v) is 6.22. The maximum atomic E-state index is 4.57. The Kier molecular flexibility index (Phi) is 4.97. The molecule has 0 aromatic heterocycles. The smallest absolute Gasteiger partial charge is 0.157 e. The van der Waals surface area contributed by atoms with Gasteiger partial charge >= 0.3 is 0 Å². The largest absolute Gasteiger partial charge is 0.360 e. The second kappa shape index (κ2) is 5.78. The molecule has 1 aliphatic rings. The molecule has 1 N–H and O–H groups in total. The number of hydrogen-bond donors (Lipinski definition) is 1. The Bertz CT molecular complexity index is 224. The van der Waals surface area contributed by atoms with Crippen LogP contribution in [0.4, 0.5) is 0 Å². The summed E-state index contributed by atoms with van der Waals surface area (Å²) in [6.07, 6.45) is 4.97. The zero-order chi connectivity index (χ0) is 11.3. The van der Waals surface area contributed by atoms with E-state index in [1.165, 1.54) is 25.7 Å². The summed E-state index contributed by atoms with van der Waals surface area (Å²) in [5, 5.41) is 5.43. The lowest BCUT2D eigenvalue weighted by Crippen LogP contribution is -2.41. The van der Waals surface area contributed by atoms with Crippen molar-refractivity contribution < 1.29 is 0 Å². The van der Waals surface area contributed by atoms with E-state index in [1.807, 2.05) is 11.8 Å². The molecule has 0 aromatic rings. The molecular weight excluding hydrogens is 204 g/mol. The molecule has 1 atom stereocenters. The Morgan fingerprint density at radius 2 is 2.13 bits per heavy atom. The van der Waals surface area contributed by atoms with Crippen LogP contribution in [0.3, 0.4) is 0 Å². The van der Waals surface area contributed by atoms with Gasteiger partial charge < -0.3 is 5.32 Å². The Morgan fingerprint density at radius 3 is 2.73 bits per heavy atom. The van der Waals surface area contributed by atoms with Gasteiger partial charge in [-0.3, -0.25) is 4.99 Å². The number of aliphatic imine (C=N–C) groups is 1. The Labute approximate surface area is 98.3 Å². The molecule has 15 heavy (non-hydrogen) atoms. The lowest BCUT2D eigenvalue weighted by atomic mass is 10.00. The molecule has 1 heterocycles. The molecule has 1 aliphatic heterocycles. The average Bonchev–Trinajstić information content (AvgIpc) is 2.52. The maximum absolute atomic E-state index is 4.57. The molecule has 0 aliphatic carbocycles. The topological polar surface area (TPSA) is 24.4 Å². The van der Waals surface area contributed by atoms with Crippen LogP contribution in [0, 0.1) is 0 Å². The Balaban J connectivity index is 2.34. The first-order valence-electron chi connectivity index (χ1n) is 6.06. The van der Waals surface area contributed by atoms with Gasteiger partial charge in [0, 0.05) is 10.8 Å². The van der Waals surface area contributed by atoms with Crippen molar-refractivity contribution in [2.45, 2.75) is 64.2 Å². The number of rotatable bonds is 5. The lowest BCUT2D eigenvalue weighted by molar-refractivity contribution is 0.423. The van der Waals surface area contributed by atoms with Crippen molar-refractivity contribution in [3.63, 3.8) is 0 Å². The van der Waals surface area contributed by atoms with Crippen molar-refractivity contribution in [2.24, 2.45) is 4.99 Å². The zero-order valence-corrected chi connectivity index (χ0v) is 11.3. The highest BCUT2D eigenvalue weighted by atomic mass is 32.2. The summed E-state index contributed by atoms with van der Waals surface area (Å²) in [5.41, 5.74) is 0.196. The van der Waals surface area contributed by atoms with Gasteiger partial charge in [-0.15, -0.1) is 0 Å². The quantitative estimate of drug-likeness (QED) is 0.779. The van der Waals surface area contributed by atoms with Crippen molar-refractivity contribution in [3.8, 4) is 0 Å². The lowest BCUT2D eigenvalue weighted by Gasteiger charge is -2.26. The van der Waals surface area contributed by atoms with Gasteiger partial charge in [0.2, 0.25) is 0 Å². The highest BCUT2D eigenvalue weighted by Gasteiger charge is 2.24. The van der Waals surface area contributed by atoms with Crippen molar-refractivity contribution >= 4 is 16.9 Å². The molecule has 0 bridgehead atoms. The van der Waals surface area contributed by atoms with E-state index in [9.17, 15) is 0 Å². The summed E-state index contributed by atoms with van der Waals surface area (Å²) in [6, 6.07) is 0. The Morgan fingerprint density at radius 1 is 1.40 bits per heavy atom. The SMILES string of the molecule is CCCC1CN=C(NC(C)(C)CCC)S1. The van der Waals surface area contributed by atoms with Crippen LogP contribution in [0.2, 0.25) is 0 Å². The van der Waals surface area contributed by atoms with E-state index in [4.69, 9.17) is 0 Å². The normalized spacial score (nSPS) is 21.6. The molecule has 0 aromatic carbocycles. The first-order valence-corrected chi connectivity index (χ1v) is 6.94. The molecule has 1 rings (SSSR count). The standard InChI is InChI=1S/C12H24N2S/c1-5-7-10-9-13-11(15-10)14-12(3,4)8-6-2/h10H,5-9H2,1-4H3,(H,13,14). The van der Waals surface area contributed by atoms with Crippen LogP contribution in [0.25, 0.3) is 0 Å². The molecule has 0 spiro atoms. The highest BCUT2D eigenvalue weighted by Crippen LogP contribution is 2.25. The van der Waals surface area contributed by atoms with Crippen molar-refractivity contribution in [1.82, 2.24) is 5.32 Å². The number of hydrogen-bond acceptors (Lipinski definition) is 3. The summed E-state index contributed by atoms with van der Waals surface area (Å²) < 4.78 is 0. The van der Waals surface area contributed by atoms with Crippen molar-refractivity contribution in [2.75, 3.05) is 6.54 Å². The average molecular weight is 228 g/mol. The van der Waals surface area contributed by atoms with E-state index in [2.05, 4.69) is 38.0 Å². The number of amidine groups is 1. The molecule has 2 nitrogen and oxygen atoms in total. The predicted octanol–water partition coefficient (Wildman–Crippen LogP) is 3.43. The number of nitrogens with one attached hydrogen (secondary N) is 1. The van der Waals surface area contributed by atoms with E-state index in [-0.39, 0.29) is 5.54 Å². The monoisotopic (exact) mass is 228 g/mol. The fourth-order valence-corrected chi connectivity index (χ4v) is 3.24. The van der Waals surface area contributed by atoms with E-state index < -0.39 is 0 Å². The molecule has 0 radical (unpaired) electrons. The van der Waals surface area contributed by atoms with E-state index in [0.29, 0.717) is 0 Å². The van der Waals surface area contributed by atoms with Gasteiger partial charge in [-0.2, -0.15) is 0 Å². The van der Waals surface area contributed by atoms with Crippen LogP contribution in [0.15, 0.2) is 4.99 Å². The fourth-order valence-electron chi connectivity index (χ4n) is 1.94. The van der Waals surface area contributed by atoms with E-state index in [0.717, 1.165) is 17.0 Å². The van der Waals surface area contributed by atoms with E-state index >= 15 is 0 Å². The van der Waals surface area contributed by atoms with Crippen LogP contribution in [0.5, 0.6) is 0 Å². The van der Waals surface area contributed by atoms with Crippen LogP contribution in [0.1, 0.15) is 53.4 Å². The van der Waals surface area contributed by atoms with Crippen molar-refractivity contribution in [3.05, 3.63) is 0 Å². The zero-order valence-electron chi connectivity index (χ0n) is 10.5. The third-order valence-electron chi connectivity index (χ3n) is 2.65. The fraction of sp³-hybridized carbons (Fsp3) is 0.917. The molecule has 0 saturated carbocycles. The molecule has 1 unspecified atom stereocenters. The van der Waals surface area contributed by atoms with Gasteiger partial charge in [0.1, 0.15) is 0 Å². The predicted molar refractivity (Wildman–Crippen MR) is 70.7 cm³/mol. The first-order chi connectivity index (χ1) is 7.07. The van der Waals surface area contributed by atoms with Crippen LogP contribution in [-0.2, 0) is 0 Å². The molecule has 0 amide bonds. The van der Waals surface area contributed by atoms with Gasteiger partial charge in [0.25, 0.3) is 0 Å². The summed E-state index contributed by atoms with van der Waals surface area (Å²) in [7, 11) is 0. The van der Waals surface area contributed by atoms with Crippen LogP contribution >= 0.6 is 11.8 Å². The van der Waals surface area contributed by atoms with E-state index in [1.54, 1.807) is 0 Å². The molecular formula is C12H24N2S. The van der Waals surface area contributed by atoms with Crippen LogP contribution in [-0.4, -0.2) is 22.5 Å². The summed E-state index contributed by atoms with van der Waals surface area (Å²) >= 11 is 1.93. The molecule has 0 fully saturated rings. The van der Waals surface area contributed by atoms with Gasteiger partial charge in [-0.05, 0) is 26.7 Å². The molecule has 0 saturated heterocycles. The van der Waals surface area contributed by atoms with Gasteiger partial charge in [0.15, 0.2) is 5.17 Å². The number of nitrogens with zero attached hydrogens (tertiary/aromatic N) is 1. The summed E-state index contributed by atoms with van der Waals surface area (Å²) in [4.78, 5) is 4.57.